The molecule has 2 heterocycles. The van der Waals surface area contributed by atoms with Gasteiger partial charge in [-0.05, 0) is 54.2 Å². The third-order valence-corrected chi connectivity index (χ3v) is 7.38. The average molecular weight is 447 g/mol. The summed E-state index contributed by atoms with van der Waals surface area (Å²) in [6.07, 6.45) is -1.93. The molecule has 0 aromatic heterocycles. The minimum absolute atomic E-state index is 0.246. The maximum atomic E-state index is 13.2. The van der Waals surface area contributed by atoms with Gasteiger partial charge >= 0.3 is 0 Å². The van der Waals surface area contributed by atoms with E-state index in [1.54, 1.807) is 23.9 Å². The summed E-state index contributed by atoms with van der Waals surface area (Å²) in [5.74, 6) is -0.246. The van der Waals surface area contributed by atoms with Gasteiger partial charge in [-0.3, -0.25) is 0 Å². The summed E-state index contributed by atoms with van der Waals surface area (Å²) in [7, 11) is 0. The highest BCUT2D eigenvalue weighted by Gasteiger charge is 2.44. The van der Waals surface area contributed by atoms with Crippen molar-refractivity contribution in [2.75, 3.05) is 6.61 Å². The smallest absolute Gasteiger partial charge is 0.123 e. The van der Waals surface area contributed by atoms with E-state index in [2.05, 4.69) is 6.08 Å². The second kappa shape index (κ2) is 9.40. The number of aryl methyl sites for hydroxylation is 1. The quantitative estimate of drug-likeness (QED) is 0.565. The molecule has 0 spiro atoms. The Morgan fingerprint density at radius 3 is 2.48 bits per heavy atom. The van der Waals surface area contributed by atoms with E-state index in [1.807, 2.05) is 25.1 Å². The second-order valence-corrected chi connectivity index (χ2v) is 9.53. The molecule has 2 aromatic rings. The summed E-state index contributed by atoms with van der Waals surface area (Å²) in [4.78, 5) is 1.15. The third-order valence-electron chi connectivity index (χ3n) is 6.03. The monoisotopic (exact) mass is 446 g/mol. The topological polar surface area (TPSA) is 90.2 Å². The Balaban J connectivity index is 1.48. The minimum Gasteiger partial charge on any atom is -0.394 e. The first-order chi connectivity index (χ1) is 14.9. The lowest BCUT2D eigenvalue weighted by molar-refractivity contribution is -0.231. The van der Waals surface area contributed by atoms with Crippen LogP contribution in [0, 0.1) is 12.7 Å². The van der Waals surface area contributed by atoms with Crippen LogP contribution >= 0.6 is 11.8 Å². The molecule has 2 aliphatic heterocycles. The molecular formula is C24H27FO5S. The number of allylic oxidation sites excluding steroid dienone is 1. The predicted octanol–water partition coefficient (Wildman–Crippen LogP) is 2.74. The molecule has 2 aliphatic rings. The van der Waals surface area contributed by atoms with E-state index in [-0.39, 0.29) is 5.82 Å². The van der Waals surface area contributed by atoms with Crippen molar-refractivity contribution in [3.63, 3.8) is 0 Å². The van der Waals surface area contributed by atoms with Crippen LogP contribution in [-0.2, 0) is 11.2 Å². The first-order valence-electron chi connectivity index (χ1n) is 10.4. The molecule has 166 valence electrons. The number of rotatable bonds is 5. The van der Waals surface area contributed by atoms with Crippen LogP contribution in [-0.4, -0.2) is 56.7 Å². The van der Waals surface area contributed by atoms with Gasteiger partial charge in [0.25, 0.3) is 0 Å². The number of hydrogen-bond donors (Lipinski definition) is 4. The van der Waals surface area contributed by atoms with Gasteiger partial charge in [0.1, 0.15) is 36.3 Å². The van der Waals surface area contributed by atoms with E-state index in [0.717, 1.165) is 34.4 Å². The van der Waals surface area contributed by atoms with Gasteiger partial charge in [0.15, 0.2) is 0 Å². The number of ether oxygens (including phenoxy) is 1. The van der Waals surface area contributed by atoms with Crippen molar-refractivity contribution >= 4 is 16.7 Å². The Morgan fingerprint density at radius 2 is 1.77 bits per heavy atom. The maximum Gasteiger partial charge on any atom is 0.123 e. The van der Waals surface area contributed by atoms with E-state index < -0.39 is 37.1 Å². The Morgan fingerprint density at radius 1 is 1.03 bits per heavy atom. The Labute approximate surface area is 185 Å². The molecule has 5 nitrogen and oxygen atoms in total. The molecular weight excluding hydrogens is 419 g/mol. The molecule has 31 heavy (non-hydrogen) atoms. The highest BCUT2D eigenvalue weighted by molar-refractivity contribution is 8.09. The van der Waals surface area contributed by atoms with Crippen LogP contribution in [0.3, 0.4) is 0 Å². The van der Waals surface area contributed by atoms with Crippen LogP contribution in [0.25, 0.3) is 4.91 Å². The summed E-state index contributed by atoms with van der Waals surface area (Å²) in [5, 5.41) is 40.4. The molecule has 1 saturated heterocycles. The maximum absolute atomic E-state index is 13.2. The van der Waals surface area contributed by atoms with Crippen LogP contribution in [0.1, 0.15) is 34.8 Å². The fourth-order valence-electron chi connectivity index (χ4n) is 4.15. The highest BCUT2D eigenvalue weighted by atomic mass is 32.2. The Kier molecular flexibility index (Phi) is 6.81. The van der Waals surface area contributed by atoms with Crippen molar-refractivity contribution in [2.24, 2.45) is 0 Å². The summed E-state index contributed by atoms with van der Waals surface area (Å²) in [6, 6.07) is 12.3. The molecule has 0 aliphatic carbocycles. The van der Waals surface area contributed by atoms with Gasteiger partial charge in [0.05, 0.1) is 6.61 Å². The standard InChI is InChI=1S/C24H27FO5S/c1-13-2-3-15(24-23(29)22(28)21(27)19(12-26)30-24)10-16(13)11-18-8-9-20(31-18)14-4-6-17(25)7-5-14/h2-7,9-10,18-19,21-24,26-29H,8,11-12H2,1H3/t18?,19-,21-,22+,23-,24+/m1/s1. The molecule has 1 fully saturated rings. The zero-order chi connectivity index (χ0) is 22.1. The highest BCUT2D eigenvalue weighted by Crippen LogP contribution is 2.41. The van der Waals surface area contributed by atoms with Gasteiger partial charge in [-0.2, -0.15) is 0 Å². The number of benzene rings is 2. The molecule has 4 rings (SSSR count). The van der Waals surface area contributed by atoms with Crippen LogP contribution in [0.5, 0.6) is 0 Å². The van der Waals surface area contributed by atoms with Gasteiger partial charge in [-0.25, -0.2) is 4.39 Å². The zero-order valence-corrected chi connectivity index (χ0v) is 18.0. The minimum atomic E-state index is -1.39. The van der Waals surface area contributed by atoms with Crippen molar-refractivity contribution in [3.8, 4) is 0 Å². The number of aliphatic hydroxyl groups is 4. The summed E-state index contributed by atoms with van der Waals surface area (Å²) in [6.45, 7) is 1.58. The van der Waals surface area contributed by atoms with Crippen LogP contribution in [0.2, 0.25) is 0 Å². The Hall–Kier alpha value is -1.74. The van der Waals surface area contributed by atoms with Crippen molar-refractivity contribution in [2.45, 2.75) is 55.5 Å². The fraction of sp³-hybridized carbons (Fsp3) is 0.417. The number of thioether (sulfide) groups is 1. The largest absolute Gasteiger partial charge is 0.394 e. The van der Waals surface area contributed by atoms with Crippen LogP contribution in [0.4, 0.5) is 4.39 Å². The van der Waals surface area contributed by atoms with E-state index in [1.165, 1.54) is 12.1 Å². The van der Waals surface area contributed by atoms with Gasteiger partial charge in [-0.15, -0.1) is 11.8 Å². The lowest BCUT2D eigenvalue weighted by Crippen LogP contribution is -2.55. The molecule has 1 unspecified atom stereocenters. The molecule has 4 N–H and O–H groups in total. The van der Waals surface area contributed by atoms with E-state index in [0.29, 0.717) is 10.8 Å². The van der Waals surface area contributed by atoms with Gasteiger partial charge in [0.2, 0.25) is 0 Å². The molecule has 0 radical (unpaired) electrons. The molecule has 0 saturated carbocycles. The lowest BCUT2D eigenvalue weighted by Gasteiger charge is -2.40. The third kappa shape index (κ3) is 4.72. The van der Waals surface area contributed by atoms with Crippen molar-refractivity contribution < 1.29 is 29.6 Å². The molecule has 2 aromatic carbocycles. The van der Waals surface area contributed by atoms with Gasteiger partial charge < -0.3 is 25.2 Å². The summed E-state index contributed by atoms with van der Waals surface area (Å²) < 4.78 is 18.9. The first kappa shape index (κ1) is 22.5. The normalized spacial score (nSPS) is 31.0. The number of aliphatic hydroxyl groups excluding tert-OH is 4. The van der Waals surface area contributed by atoms with Crippen LogP contribution in [0.15, 0.2) is 48.5 Å². The molecule has 6 atom stereocenters. The lowest BCUT2D eigenvalue weighted by atomic mass is 9.89. The number of halogens is 1. The van der Waals surface area contributed by atoms with Crippen LogP contribution < -0.4 is 0 Å². The van der Waals surface area contributed by atoms with Crippen molar-refractivity contribution in [3.05, 3.63) is 76.6 Å². The van der Waals surface area contributed by atoms with Gasteiger partial charge in [0, 0.05) is 10.2 Å². The van der Waals surface area contributed by atoms with E-state index in [9.17, 15) is 24.8 Å². The zero-order valence-electron chi connectivity index (χ0n) is 17.2. The average Bonchev–Trinajstić information content (AvgIpc) is 3.23. The molecule has 7 heteroatoms. The molecule has 0 bridgehead atoms. The fourth-order valence-corrected chi connectivity index (χ4v) is 5.43. The Bertz CT molecular complexity index is 945. The second-order valence-electron chi connectivity index (χ2n) is 8.19. The van der Waals surface area contributed by atoms with Crippen molar-refractivity contribution in [1.82, 2.24) is 0 Å². The SMILES string of the molecule is Cc1ccc([C@@H]2O[C@H](CO)[C@@H](O)[C@H](O)[C@H]2O)cc1CC1CC=C(c2ccc(F)cc2)S1. The van der Waals surface area contributed by atoms with Gasteiger partial charge in [-0.1, -0.05) is 36.4 Å². The van der Waals surface area contributed by atoms with E-state index in [4.69, 9.17) is 4.74 Å². The van der Waals surface area contributed by atoms with Crippen molar-refractivity contribution in [1.29, 1.82) is 0 Å². The summed E-state index contributed by atoms with van der Waals surface area (Å²) in [5.41, 5.74) is 3.94. The number of hydrogen-bond acceptors (Lipinski definition) is 6. The predicted molar refractivity (Wildman–Crippen MR) is 118 cm³/mol. The molecule has 0 amide bonds. The summed E-state index contributed by atoms with van der Waals surface area (Å²) >= 11 is 1.77. The van der Waals surface area contributed by atoms with E-state index >= 15 is 0 Å². The first-order valence-corrected chi connectivity index (χ1v) is 11.3.